The lowest BCUT2D eigenvalue weighted by molar-refractivity contribution is 0.132. The molecule has 88 valence electrons. The fourth-order valence-corrected chi connectivity index (χ4v) is 2.45. The summed E-state index contributed by atoms with van der Waals surface area (Å²) in [6.45, 7) is 5.34. The highest BCUT2D eigenvalue weighted by Crippen LogP contribution is 2.24. The smallest absolute Gasteiger partial charge is 0.0572 e. The number of likely N-dealkylation sites (tertiary alicyclic amines) is 1. The maximum Gasteiger partial charge on any atom is 0.0572 e. The third-order valence-electron chi connectivity index (χ3n) is 3.55. The van der Waals surface area contributed by atoms with E-state index in [9.17, 15) is 0 Å². The van der Waals surface area contributed by atoms with Crippen molar-refractivity contribution in [1.29, 1.82) is 0 Å². The van der Waals surface area contributed by atoms with Crippen LogP contribution < -0.4 is 5.73 Å². The van der Waals surface area contributed by atoms with Gasteiger partial charge in [-0.05, 0) is 50.9 Å². The van der Waals surface area contributed by atoms with Crippen LogP contribution in [0.4, 0.5) is 0 Å². The van der Waals surface area contributed by atoms with Crippen molar-refractivity contribution < 1.29 is 0 Å². The van der Waals surface area contributed by atoms with Crippen LogP contribution in [0.15, 0.2) is 24.4 Å². The number of aromatic nitrogens is 1. The normalized spacial score (nSPS) is 24.2. The van der Waals surface area contributed by atoms with E-state index in [1.807, 2.05) is 12.3 Å². The molecule has 2 atom stereocenters. The van der Waals surface area contributed by atoms with E-state index in [0.717, 1.165) is 13.1 Å². The second-order valence-corrected chi connectivity index (χ2v) is 4.67. The molecule has 1 aromatic heterocycles. The van der Waals surface area contributed by atoms with E-state index in [-0.39, 0.29) is 0 Å². The molecule has 0 amide bonds. The third kappa shape index (κ3) is 2.60. The van der Waals surface area contributed by atoms with E-state index in [1.54, 1.807) is 0 Å². The zero-order valence-electron chi connectivity index (χ0n) is 9.97. The Morgan fingerprint density at radius 3 is 3.12 bits per heavy atom. The summed E-state index contributed by atoms with van der Waals surface area (Å²) in [6.07, 6.45) is 4.41. The molecule has 2 unspecified atom stereocenters. The first-order valence-electron chi connectivity index (χ1n) is 6.16. The van der Waals surface area contributed by atoms with Crippen molar-refractivity contribution in [2.24, 2.45) is 11.7 Å². The lowest BCUT2D eigenvalue weighted by Gasteiger charge is -2.36. The van der Waals surface area contributed by atoms with Crippen molar-refractivity contribution in [3.8, 4) is 0 Å². The van der Waals surface area contributed by atoms with E-state index in [2.05, 4.69) is 28.9 Å². The third-order valence-corrected chi connectivity index (χ3v) is 3.55. The van der Waals surface area contributed by atoms with Crippen LogP contribution in [0.3, 0.4) is 0 Å². The van der Waals surface area contributed by atoms with Gasteiger partial charge in [0.1, 0.15) is 0 Å². The highest BCUT2D eigenvalue weighted by atomic mass is 15.2. The van der Waals surface area contributed by atoms with Crippen molar-refractivity contribution in [1.82, 2.24) is 9.88 Å². The molecule has 0 bridgehead atoms. The Morgan fingerprint density at radius 1 is 1.56 bits per heavy atom. The van der Waals surface area contributed by atoms with Gasteiger partial charge in [0.05, 0.1) is 5.69 Å². The van der Waals surface area contributed by atoms with Crippen LogP contribution in [0.5, 0.6) is 0 Å². The molecule has 2 N–H and O–H groups in total. The number of rotatable bonds is 3. The predicted octanol–water partition coefficient (Wildman–Crippen LogP) is 1.81. The number of piperidine rings is 1. The number of hydrogen-bond donors (Lipinski definition) is 1. The van der Waals surface area contributed by atoms with Gasteiger partial charge in [0.25, 0.3) is 0 Å². The van der Waals surface area contributed by atoms with E-state index >= 15 is 0 Å². The Balaban J connectivity index is 2.01. The maximum atomic E-state index is 5.76. The molecule has 3 heteroatoms. The molecule has 0 aliphatic carbocycles. The molecule has 1 aliphatic heterocycles. The van der Waals surface area contributed by atoms with Gasteiger partial charge in [0.2, 0.25) is 0 Å². The van der Waals surface area contributed by atoms with E-state index < -0.39 is 0 Å². The monoisotopic (exact) mass is 219 g/mol. The second kappa shape index (κ2) is 5.41. The van der Waals surface area contributed by atoms with Crippen LogP contribution in [0.1, 0.15) is 31.5 Å². The molecule has 0 spiro atoms. The molecule has 3 nitrogen and oxygen atoms in total. The van der Waals surface area contributed by atoms with Crippen LogP contribution in [0, 0.1) is 5.92 Å². The fraction of sp³-hybridized carbons (Fsp3) is 0.615. The van der Waals surface area contributed by atoms with Crippen LogP contribution in [0.25, 0.3) is 0 Å². The first-order valence-corrected chi connectivity index (χ1v) is 6.16. The molecule has 1 aromatic rings. The van der Waals surface area contributed by atoms with Gasteiger partial charge in [0.15, 0.2) is 0 Å². The summed E-state index contributed by atoms with van der Waals surface area (Å²) < 4.78 is 0. The van der Waals surface area contributed by atoms with Crippen LogP contribution in [-0.4, -0.2) is 29.5 Å². The quantitative estimate of drug-likeness (QED) is 0.843. The largest absolute Gasteiger partial charge is 0.330 e. The average Bonchev–Trinajstić information content (AvgIpc) is 2.39. The zero-order valence-corrected chi connectivity index (χ0v) is 9.97. The van der Waals surface area contributed by atoms with E-state index in [0.29, 0.717) is 12.0 Å². The topological polar surface area (TPSA) is 42.2 Å². The Labute approximate surface area is 97.7 Å². The van der Waals surface area contributed by atoms with Crippen molar-refractivity contribution >= 4 is 0 Å². The van der Waals surface area contributed by atoms with Crippen LogP contribution >= 0.6 is 0 Å². The Morgan fingerprint density at radius 2 is 2.44 bits per heavy atom. The highest BCUT2D eigenvalue weighted by molar-refractivity contribution is 5.08. The molecule has 1 fully saturated rings. The number of nitrogens with two attached hydrogens (primary N) is 1. The second-order valence-electron chi connectivity index (χ2n) is 4.67. The first kappa shape index (κ1) is 11.6. The molecule has 16 heavy (non-hydrogen) atoms. The summed E-state index contributed by atoms with van der Waals surface area (Å²) in [4.78, 5) is 6.94. The number of pyridine rings is 1. The molecule has 0 aromatic carbocycles. The maximum absolute atomic E-state index is 5.76. The summed E-state index contributed by atoms with van der Waals surface area (Å²) in [5.74, 6) is 0.667. The minimum Gasteiger partial charge on any atom is -0.330 e. The van der Waals surface area contributed by atoms with Crippen LogP contribution in [0.2, 0.25) is 0 Å². The Hall–Kier alpha value is -0.930. The predicted molar refractivity (Wildman–Crippen MR) is 66.0 cm³/mol. The van der Waals surface area contributed by atoms with Gasteiger partial charge in [-0.3, -0.25) is 9.88 Å². The van der Waals surface area contributed by atoms with Gasteiger partial charge in [-0.2, -0.15) is 0 Å². The molecular weight excluding hydrogens is 198 g/mol. The fourth-order valence-electron chi connectivity index (χ4n) is 2.45. The molecule has 2 heterocycles. The minimum atomic E-state index is 0.413. The summed E-state index contributed by atoms with van der Waals surface area (Å²) in [5.41, 5.74) is 6.93. The number of nitrogens with zero attached hydrogens (tertiary/aromatic N) is 2. The molecule has 1 saturated heterocycles. The zero-order chi connectivity index (χ0) is 11.4. The van der Waals surface area contributed by atoms with Gasteiger partial charge in [-0.25, -0.2) is 0 Å². The molecule has 0 saturated carbocycles. The van der Waals surface area contributed by atoms with Gasteiger partial charge < -0.3 is 5.73 Å². The average molecular weight is 219 g/mol. The summed E-state index contributed by atoms with van der Waals surface area (Å²) in [5, 5.41) is 0. The lowest BCUT2D eigenvalue weighted by atomic mass is 9.96. The summed E-state index contributed by atoms with van der Waals surface area (Å²) >= 11 is 0. The molecule has 2 rings (SSSR count). The molecule has 1 aliphatic rings. The lowest BCUT2D eigenvalue weighted by Crippen LogP contribution is -2.39. The highest BCUT2D eigenvalue weighted by Gasteiger charge is 2.23. The van der Waals surface area contributed by atoms with Gasteiger partial charge in [-0.15, -0.1) is 0 Å². The number of hydrogen-bond acceptors (Lipinski definition) is 3. The van der Waals surface area contributed by atoms with Crippen molar-refractivity contribution in [3.63, 3.8) is 0 Å². The standard InChI is InChI=1S/C13H21N3/c1-11(13-6-2-3-7-15-13)16-8-4-5-12(9-14)10-16/h2-3,6-7,11-12H,4-5,8-10,14H2,1H3. The minimum absolute atomic E-state index is 0.413. The van der Waals surface area contributed by atoms with Gasteiger partial charge in [-0.1, -0.05) is 6.07 Å². The van der Waals surface area contributed by atoms with Gasteiger partial charge >= 0.3 is 0 Å². The first-order chi connectivity index (χ1) is 7.81. The summed E-state index contributed by atoms with van der Waals surface area (Å²) in [7, 11) is 0. The summed E-state index contributed by atoms with van der Waals surface area (Å²) in [6, 6.07) is 6.55. The van der Waals surface area contributed by atoms with Crippen molar-refractivity contribution in [2.75, 3.05) is 19.6 Å². The molecule has 0 radical (unpaired) electrons. The van der Waals surface area contributed by atoms with Crippen LogP contribution in [-0.2, 0) is 0 Å². The Bertz CT molecular complexity index is 312. The van der Waals surface area contributed by atoms with Gasteiger partial charge in [0, 0.05) is 18.8 Å². The van der Waals surface area contributed by atoms with E-state index in [1.165, 1.54) is 25.1 Å². The van der Waals surface area contributed by atoms with E-state index in [4.69, 9.17) is 5.73 Å². The molecular formula is C13H21N3. The Kier molecular flexibility index (Phi) is 3.91. The van der Waals surface area contributed by atoms with Crippen molar-refractivity contribution in [2.45, 2.75) is 25.8 Å². The SMILES string of the molecule is CC(c1ccccn1)N1CCCC(CN)C1. The van der Waals surface area contributed by atoms with Crippen molar-refractivity contribution in [3.05, 3.63) is 30.1 Å².